The minimum Gasteiger partial charge on any atom is -0.497 e. The molecule has 0 aromatic heterocycles. The number of carboxylic acid groups (broad SMARTS) is 1. The van der Waals surface area contributed by atoms with Gasteiger partial charge < -0.3 is 14.6 Å². The fourth-order valence-electron chi connectivity index (χ4n) is 2.80. The summed E-state index contributed by atoms with van der Waals surface area (Å²) in [6.45, 7) is 10.4. The summed E-state index contributed by atoms with van der Waals surface area (Å²) in [6, 6.07) is 7.15. The molecule has 0 saturated carbocycles. The molecular formula is C20H31NO5. The predicted octanol–water partition coefficient (Wildman–Crippen LogP) is 4.12. The third kappa shape index (κ3) is 5.64. The van der Waals surface area contributed by atoms with E-state index in [9.17, 15) is 14.7 Å². The molecule has 1 N–H and O–H groups in total. The summed E-state index contributed by atoms with van der Waals surface area (Å²) in [4.78, 5) is 26.1. The molecule has 146 valence electrons. The number of benzene rings is 1. The van der Waals surface area contributed by atoms with Gasteiger partial charge in [0, 0.05) is 6.04 Å². The summed E-state index contributed by atoms with van der Waals surface area (Å²) in [5, 5.41) is 9.89. The van der Waals surface area contributed by atoms with Gasteiger partial charge in [0.15, 0.2) is 0 Å². The number of aryl methyl sites for hydroxylation is 1. The van der Waals surface area contributed by atoms with Crippen LogP contribution in [-0.2, 0) is 16.0 Å². The Hall–Kier alpha value is -2.24. The van der Waals surface area contributed by atoms with Crippen LogP contribution >= 0.6 is 0 Å². The van der Waals surface area contributed by atoms with E-state index >= 15 is 0 Å². The number of carboxylic acids is 1. The lowest BCUT2D eigenvalue weighted by Crippen LogP contribution is -2.59. The van der Waals surface area contributed by atoms with Crippen molar-refractivity contribution in [2.45, 2.75) is 71.6 Å². The first kappa shape index (κ1) is 21.8. The summed E-state index contributed by atoms with van der Waals surface area (Å²) >= 11 is 0. The van der Waals surface area contributed by atoms with Crippen LogP contribution in [0.25, 0.3) is 0 Å². The second-order valence-corrected chi connectivity index (χ2v) is 7.87. The molecule has 0 saturated heterocycles. The molecule has 0 aliphatic heterocycles. The molecule has 0 fully saturated rings. The highest BCUT2D eigenvalue weighted by atomic mass is 16.6. The number of aliphatic carboxylic acids is 1. The highest BCUT2D eigenvalue weighted by molar-refractivity contribution is 5.84. The van der Waals surface area contributed by atoms with Crippen LogP contribution in [0.15, 0.2) is 24.3 Å². The lowest BCUT2D eigenvalue weighted by Gasteiger charge is -2.41. The topological polar surface area (TPSA) is 76.1 Å². The highest BCUT2D eigenvalue weighted by Crippen LogP contribution is 2.28. The third-order valence-corrected chi connectivity index (χ3v) is 4.16. The van der Waals surface area contributed by atoms with Crippen molar-refractivity contribution in [3.05, 3.63) is 29.8 Å². The van der Waals surface area contributed by atoms with E-state index in [0.717, 1.165) is 11.3 Å². The van der Waals surface area contributed by atoms with E-state index in [1.165, 1.54) is 4.90 Å². The Balaban J connectivity index is 3.06. The second kappa shape index (κ2) is 8.43. The van der Waals surface area contributed by atoms with Crippen LogP contribution in [0.5, 0.6) is 5.75 Å². The maximum absolute atomic E-state index is 12.7. The Morgan fingerprint density at radius 1 is 1.12 bits per heavy atom. The molecule has 26 heavy (non-hydrogen) atoms. The molecule has 0 radical (unpaired) electrons. The Morgan fingerprint density at radius 3 is 2.04 bits per heavy atom. The lowest BCUT2D eigenvalue weighted by molar-refractivity contribution is -0.152. The Morgan fingerprint density at radius 2 is 1.65 bits per heavy atom. The minimum atomic E-state index is -1.38. The highest BCUT2D eigenvalue weighted by Gasteiger charge is 2.45. The molecule has 1 aromatic carbocycles. The number of nitrogens with zero attached hydrogens (tertiary/aromatic N) is 1. The van der Waals surface area contributed by atoms with Crippen LogP contribution in [0.1, 0.15) is 53.5 Å². The van der Waals surface area contributed by atoms with Gasteiger partial charge in [-0.3, -0.25) is 4.90 Å². The third-order valence-electron chi connectivity index (χ3n) is 4.16. The number of hydrogen-bond acceptors (Lipinski definition) is 4. The summed E-state index contributed by atoms with van der Waals surface area (Å²) in [5.41, 5.74) is -1.10. The molecule has 6 heteroatoms. The van der Waals surface area contributed by atoms with Crippen LogP contribution in [0.2, 0.25) is 0 Å². The van der Waals surface area contributed by atoms with Crippen LogP contribution in [0.3, 0.4) is 0 Å². The number of carbonyl (C=O) groups is 2. The van der Waals surface area contributed by atoms with Crippen LogP contribution < -0.4 is 4.74 Å². The summed E-state index contributed by atoms with van der Waals surface area (Å²) in [6.07, 6.45) is 0.164. The van der Waals surface area contributed by atoms with E-state index in [1.807, 2.05) is 24.3 Å². The monoisotopic (exact) mass is 365 g/mol. The SMILES string of the molecule is COc1ccc(CCC(C)(C(=O)O)N(C(=O)OC(C)(C)C)C(C)C)cc1. The Bertz CT molecular complexity index is 618. The van der Waals surface area contributed by atoms with Crippen LogP contribution in [0, 0.1) is 0 Å². The quantitative estimate of drug-likeness (QED) is 0.787. The van der Waals surface area contributed by atoms with Gasteiger partial charge in [0.1, 0.15) is 16.9 Å². The molecule has 0 bridgehead atoms. The molecule has 0 aliphatic rings. The summed E-state index contributed by atoms with van der Waals surface area (Å²) in [5.74, 6) is -0.308. The van der Waals surface area contributed by atoms with E-state index < -0.39 is 23.2 Å². The first-order valence-corrected chi connectivity index (χ1v) is 8.79. The van der Waals surface area contributed by atoms with Gasteiger partial charge in [0.25, 0.3) is 0 Å². The normalized spacial score (nSPS) is 13.8. The maximum Gasteiger partial charge on any atom is 0.411 e. The van der Waals surface area contributed by atoms with Crippen molar-refractivity contribution < 1.29 is 24.2 Å². The van der Waals surface area contributed by atoms with Crippen molar-refractivity contribution in [2.24, 2.45) is 0 Å². The van der Waals surface area contributed by atoms with E-state index in [0.29, 0.717) is 6.42 Å². The molecule has 6 nitrogen and oxygen atoms in total. The first-order valence-electron chi connectivity index (χ1n) is 8.79. The van der Waals surface area contributed by atoms with Gasteiger partial charge in [-0.1, -0.05) is 12.1 Å². The summed E-state index contributed by atoms with van der Waals surface area (Å²) < 4.78 is 10.6. The van der Waals surface area contributed by atoms with E-state index in [2.05, 4.69) is 0 Å². The fourth-order valence-corrected chi connectivity index (χ4v) is 2.80. The molecule has 0 heterocycles. The Kier molecular flexibility index (Phi) is 7.07. The van der Waals surface area contributed by atoms with Gasteiger partial charge >= 0.3 is 12.1 Å². The summed E-state index contributed by atoms with van der Waals surface area (Å²) in [7, 11) is 1.60. The lowest BCUT2D eigenvalue weighted by atomic mass is 9.90. The van der Waals surface area contributed by atoms with Gasteiger partial charge in [-0.2, -0.15) is 0 Å². The number of methoxy groups -OCH3 is 1. The zero-order valence-electron chi connectivity index (χ0n) is 16.8. The number of carbonyl (C=O) groups excluding carboxylic acids is 1. The second-order valence-electron chi connectivity index (χ2n) is 7.87. The smallest absolute Gasteiger partial charge is 0.411 e. The van der Waals surface area contributed by atoms with Gasteiger partial charge in [-0.05, 0) is 72.1 Å². The number of hydrogen-bond donors (Lipinski definition) is 1. The molecule has 0 aliphatic carbocycles. The van der Waals surface area contributed by atoms with Crippen molar-refractivity contribution in [3.63, 3.8) is 0 Å². The average molecular weight is 365 g/mol. The molecule has 1 rings (SSSR count). The van der Waals surface area contributed by atoms with Gasteiger partial charge in [-0.15, -0.1) is 0 Å². The van der Waals surface area contributed by atoms with Crippen LogP contribution in [-0.4, -0.2) is 46.4 Å². The van der Waals surface area contributed by atoms with Gasteiger partial charge in [0.2, 0.25) is 0 Å². The van der Waals surface area contributed by atoms with Crippen molar-refractivity contribution in [2.75, 3.05) is 7.11 Å². The van der Waals surface area contributed by atoms with E-state index in [4.69, 9.17) is 9.47 Å². The van der Waals surface area contributed by atoms with Gasteiger partial charge in [-0.25, -0.2) is 9.59 Å². The van der Waals surface area contributed by atoms with Crippen molar-refractivity contribution in [1.29, 1.82) is 0 Å². The molecule has 1 amide bonds. The fraction of sp³-hybridized carbons (Fsp3) is 0.600. The largest absolute Gasteiger partial charge is 0.497 e. The minimum absolute atomic E-state index is 0.270. The standard InChI is InChI=1S/C20H31NO5/c1-14(2)21(18(24)26-19(3,4)5)20(6,17(22)23)13-12-15-8-10-16(25-7)11-9-15/h8-11,14H,12-13H2,1-7H3,(H,22,23). The number of rotatable bonds is 7. The molecule has 1 atom stereocenters. The number of ether oxygens (including phenoxy) is 2. The predicted molar refractivity (Wildman–Crippen MR) is 101 cm³/mol. The maximum atomic E-state index is 12.7. The number of amides is 1. The molecule has 0 spiro atoms. The molecule has 1 aromatic rings. The zero-order valence-corrected chi connectivity index (χ0v) is 16.8. The average Bonchev–Trinajstić information content (AvgIpc) is 2.51. The van der Waals surface area contributed by atoms with Gasteiger partial charge in [0.05, 0.1) is 7.11 Å². The Labute approximate surface area is 156 Å². The van der Waals surface area contributed by atoms with Crippen molar-refractivity contribution in [1.82, 2.24) is 4.90 Å². The van der Waals surface area contributed by atoms with Crippen molar-refractivity contribution in [3.8, 4) is 5.75 Å². The van der Waals surface area contributed by atoms with Crippen LogP contribution in [0.4, 0.5) is 4.79 Å². The molecule has 1 unspecified atom stereocenters. The zero-order chi connectivity index (χ0) is 20.1. The molecular weight excluding hydrogens is 334 g/mol. The van der Waals surface area contributed by atoms with E-state index in [-0.39, 0.29) is 12.5 Å². The first-order chi connectivity index (χ1) is 11.9. The van der Waals surface area contributed by atoms with Crippen molar-refractivity contribution >= 4 is 12.1 Å². The van der Waals surface area contributed by atoms with E-state index in [1.54, 1.807) is 48.7 Å².